The highest BCUT2D eigenvalue weighted by molar-refractivity contribution is 5.66. The van der Waals surface area contributed by atoms with E-state index < -0.39 is 17.7 Å². The molecule has 0 heterocycles. The van der Waals surface area contributed by atoms with E-state index >= 15 is 0 Å². The van der Waals surface area contributed by atoms with Crippen LogP contribution in [0.15, 0.2) is 0 Å². The molecule has 0 saturated heterocycles. The van der Waals surface area contributed by atoms with Crippen molar-refractivity contribution in [3.63, 3.8) is 0 Å². The molecule has 2 rings (SSSR count). The number of rotatable bonds is 5. The van der Waals surface area contributed by atoms with Crippen LogP contribution in [0.4, 0.5) is 0 Å². The van der Waals surface area contributed by atoms with Gasteiger partial charge in [0, 0.05) is 11.8 Å². The summed E-state index contributed by atoms with van der Waals surface area (Å²) in [6.45, 7) is 10.6. The molecule has 140 valence electrons. The maximum Gasteiger partial charge on any atom is 0.303 e. The van der Waals surface area contributed by atoms with Crippen molar-refractivity contribution in [1.82, 2.24) is 0 Å². The van der Waals surface area contributed by atoms with Gasteiger partial charge in [-0.3, -0.25) is 4.79 Å². The fraction of sp³-hybridized carbons (Fsp3) is 0.950. The zero-order chi connectivity index (χ0) is 18.3. The van der Waals surface area contributed by atoms with Crippen molar-refractivity contribution in [1.29, 1.82) is 0 Å². The van der Waals surface area contributed by atoms with Crippen molar-refractivity contribution < 1.29 is 20.1 Å². The summed E-state index contributed by atoms with van der Waals surface area (Å²) in [6, 6.07) is 0. The number of aliphatic hydroxyl groups is 2. The lowest BCUT2D eigenvalue weighted by Crippen LogP contribution is -2.65. The number of hydrogen-bond acceptors (Lipinski definition) is 3. The number of fused-ring (bicyclic) bond motifs is 1. The SMILES string of the molecule is C[C@H](CC[C@@]1(C)[C@H](C)CC[C@@]2(C)[C@@H]1CC[C@H](O)[C@]2(C)O)CC(=O)O. The van der Waals surface area contributed by atoms with Crippen molar-refractivity contribution in [2.75, 3.05) is 0 Å². The summed E-state index contributed by atoms with van der Waals surface area (Å²) in [5.41, 5.74) is -1.24. The number of aliphatic hydroxyl groups excluding tert-OH is 1. The van der Waals surface area contributed by atoms with Crippen LogP contribution in [-0.2, 0) is 4.79 Å². The zero-order valence-electron chi connectivity index (χ0n) is 16.0. The molecule has 7 atom stereocenters. The van der Waals surface area contributed by atoms with Crippen LogP contribution in [0.3, 0.4) is 0 Å². The Bertz CT molecular complexity index is 474. The topological polar surface area (TPSA) is 77.8 Å². The summed E-state index contributed by atoms with van der Waals surface area (Å²) in [5, 5.41) is 30.5. The number of hydrogen-bond donors (Lipinski definition) is 3. The van der Waals surface area contributed by atoms with Crippen molar-refractivity contribution in [3.05, 3.63) is 0 Å². The lowest BCUT2D eigenvalue weighted by molar-refractivity contribution is -0.235. The molecule has 3 N–H and O–H groups in total. The number of carbonyl (C=O) groups is 1. The van der Waals surface area contributed by atoms with E-state index in [2.05, 4.69) is 20.8 Å². The minimum absolute atomic E-state index is 0.0872. The molecule has 2 fully saturated rings. The highest BCUT2D eigenvalue weighted by Gasteiger charge is 2.62. The van der Waals surface area contributed by atoms with Crippen molar-refractivity contribution >= 4 is 5.97 Å². The molecule has 2 aliphatic rings. The van der Waals surface area contributed by atoms with Crippen molar-refractivity contribution in [2.45, 2.75) is 91.3 Å². The van der Waals surface area contributed by atoms with E-state index in [-0.39, 0.29) is 23.2 Å². The Kier molecular flexibility index (Phi) is 5.42. The smallest absolute Gasteiger partial charge is 0.303 e. The van der Waals surface area contributed by atoms with Gasteiger partial charge in [0.2, 0.25) is 0 Å². The predicted octanol–water partition coefficient (Wildman–Crippen LogP) is 3.84. The molecule has 0 amide bonds. The fourth-order valence-electron chi connectivity index (χ4n) is 5.71. The van der Waals surface area contributed by atoms with Gasteiger partial charge in [-0.25, -0.2) is 0 Å². The number of carboxylic acid groups (broad SMARTS) is 1. The summed E-state index contributed by atoms with van der Waals surface area (Å²) in [5.74, 6) is 0.370. The lowest BCUT2D eigenvalue weighted by Gasteiger charge is -2.64. The normalized spacial score (nSPS) is 47.0. The Labute approximate surface area is 146 Å². The summed E-state index contributed by atoms with van der Waals surface area (Å²) in [7, 11) is 0. The Morgan fingerprint density at radius 2 is 1.83 bits per heavy atom. The van der Waals surface area contributed by atoms with Crippen LogP contribution in [0.5, 0.6) is 0 Å². The van der Waals surface area contributed by atoms with Crippen molar-refractivity contribution in [2.24, 2.45) is 28.6 Å². The zero-order valence-corrected chi connectivity index (χ0v) is 16.0. The molecule has 2 saturated carbocycles. The molecule has 2 aliphatic carbocycles. The molecule has 0 aromatic carbocycles. The van der Waals surface area contributed by atoms with Gasteiger partial charge in [0.1, 0.15) is 0 Å². The highest BCUT2D eigenvalue weighted by Crippen LogP contribution is 2.64. The van der Waals surface area contributed by atoms with Gasteiger partial charge in [-0.15, -0.1) is 0 Å². The lowest BCUT2D eigenvalue weighted by atomic mass is 9.43. The second-order valence-corrected chi connectivity index (χ2v) is 9.40. The summed E-state index contributed by atoms with van der Waals surface area (Å²) < 4.78 is 0. The minimum atomic E-state index is -1.05. The molecule has 4 heteroatoms. The van der Waals surface area contributed by atoms with Crippen LogP contribution in [-0.4, -0.2) is 33.0 Å². The van der Waals surface area contributed by atoms with Crippen LogP contribution in [0, 0.1) is 28.6 Å². The van der Waals surface area contributed by atoms with Crippen LogP contribution in [0.2, 0.25) is 0 Å². The van der Waals surface area contributed by atoms with Gasteiger partial charge in [0.15, 0.2) is 0 Å². The standard InChI is InChI=1S/C20H36O4/c1-13(12-17(22)23)8-10-18(3)14(2)9-11-19(4)15(18)6-7-16(21)20(19,5)24/h13-16,21,24H,6-12H2,1-5H3,(H,22,23)/t13-,14-,15-,16+,18+,19+,20+/m1/s1. The first-order valence-corrected chi connectivity index (χ1v) is 9.57. The summed E-state index contributed by atoms with van der Waals surface area (Å²) in [6.07, 6.45) is 5.08. The van der Waals surface area contributed by atoms with Crippen molar-refractivity contribution in [3.8, 4) is 0 Å². The maximum absolute atomic E-state index is 11.1. The van der Waals surface area contributed by atoms with E-state index in [1.165, 1.54) is 0 Å². The Morgan fingerprint density at radius 1 is 1.21 bits per heavy atom. The molecule has 0 aromatic heterocycles. The first-order chi connectivity index (χ1) is 10.9. The third-order valence-electron chi connectivity index (χ3n) is 8.02. The highest BCUT2D eigenvalue weighted by atomic mass is 16.4. The maximum atomic E-state index is 11.1. The van der Waals surface area contributed by atoms with Crippen LogP contribution < -0.4 is 0 Å². The second-order valence-electron chi connectivity index (χ2n) is 9.40. The number of carboxylic acids is 1. The monoisotopic (exact) mass is 340 g/mol. The minimum Gasteiger partial charge on any atom is -0.481 e. The van der Waals surface area contributed by atoms with Crippen LogP contribution in [0.25, 0.3) is 0 Å². The molecule has 0 bridgehead atoms. The molecule has 24 heavy (non-hydrogen) atoms. The van der Waals surface area contributed by atoms with E-state index in [4.69, 9.17) is 5.11 Å². The molecule has 4 nitrogen and oxygen atoms in total. The molecular weight excluding hydrogens is 304 g/mol. The third-order valence-corrected chi connectivity index (χ3v) is 8.02. The predicted molar refractivity (Wildman–Crippen MR) is 94.6 cm³/mol. The van der Waals surface area contributed by atoms with Crippen LogP contribution in [0.1, 0.15) is 79.6 Å². The quantitative estimate of drug-likeness (QED) is 0.710. The van der Waals surface area contributed by atoms with Gasteiger partial charge < -0.3 is 15.3 Å². The van der Waals surface area contributed by atoms with Gasteiger partial charge in [0.25, 0.3) is 0 Å². The summed E-state index contributed by atoms with van der Waals surface area (Å²) >= 11 is 0. The van der Waals surface area contributed by atoms with Gasteiger partial charge >= 0.3 is 5.97 Å². The van der Waals surface area contributed by atoms with Gasteiger partial charge in [-0.1, -0.05) is 27.7 Å². The fourth-order valence-corrected chi connectivity index (χ4v) is 5.71. The molecule has 0 spiro atoms. The number of aliphatic carboxylic acids is 1. The average Bonchev–Trinajstić information content (AvgIpc) is 2.47. The van der Waals surface area contributed by atoms with E-state index in [0.717, 1.165) is 32.1 Å². The molecule has 0 aromatic rings. The first kappa shape index (κ1) is 19.7. The molecule has 0 radical (unpaired) electrons. The van der Waals surface area contributed by atoms with Gasteiger partial charge in [-0.2, -0.15) is 0 Å². The second kappa shape index (κ2) is 6.60. The van der Waals surface area contributed by atoms with Gasteiger partial charge in [-0.05, 0) is 68.6 Å². The molecule has 0 unspecified atom stereocenters. The molecule has 0 aliphatic heterocycles. The summed E-state index contributed by atoms with van der Waals surface area (Å²) in [4.78, 5) is 10.9. The van der Waals surface area contributed by atoms with E-state index in [0.29, 0.717) is 18.3 Å². The van der Waals surface area contributed by atoms with E-state index in [1.807, 2.05) is 13.8 Å². The Morgan fingerprint density at radius 3 is 2.42 bits per heavy atom. The van der Waals surface area contributed by atoms with E-state index in [9.17, 15) is 15.0 Å². The Hall–Kier alpha value is -0.610. The van der Waals surface area contributed by atoms with Gasteiger partial charge in [0.05, 0.1) is 11.7 Å². The molecular formula is C20H36O4. The van der Waals surface area contributed by atoms with E-state index in [1.54, 1.807) is 0 Å². The van der Waals surface area contributed by atoms with Crippen LogP contribution >= 0.6 is 0 Å². The first-order valence-electron chi connectivity index (χ1n) is 9.57. The largest absolute Gasteiger partial charge is 0.481 e. The Balaban J connectivity index is 2.22. The average molecular weight is 341 g/mol. The third kappa shape index (κ3) is 3.12.